The van der Waals surface area contributed by atoms with Gasteiger partial charge in [-0.15, -0.1) is 0 Å². The molecule has 0 saturated heterocycles. The molecule has 2 aromatic rings. The van der Waals surface area contributed by atoms with Crippen LogP contribution < -0.4 is 0 Å². The van der Waals surface area contributed by atoms with E-state index in [0.717, 1.165) is 17.0 Å². The largest absolute Gasteiger partial charge is 0.358 e. The molecule has 0 atom stereocenters. The fraction of sp³-hybridized carbons (Fsp3) is 0.389. The second-order valence-electron chi connectivity index (χ2n) is 6.57. The first-order valence-corrected chi connectivity index (χ1v) is 6.96. The van der Waals surface area contributed by atoms with Crippen LogP contribution in [0.25, 0.3) is 11.3 Å². The van der Waals surface area contributed by atoms with Crippen molar-refractivity contribution < 1.29 is 0 Å². The lowest BCUT2D eigenvalue weighted by molar-refractivity contribution is 0.589. The summed E-state index contributed by atoms with van der Waals surface area (Å²) < 4.78 is 0. The van der Waals surface area contributed by atoms with E-state index in [1.54, 1.807) is 0 Å². The van der Waals surface area contributed by atoms with Crippen molar-refractivity contribution in [2.75, 3.05) is 0 Å². The number of hydrogen-bond acceptors (Lipinski definition) is 1. The van der Waals surface area contributed by atoms with E-state index in [9.17, 15) is 0 Å². The Morgan fingerprint density at radius 1 is 1.00 bits per heavy atom. The molecule has 0 unspecified atom stereocenters. The van der Waals surface area contributed by atoms with Crippen LogP contribution in [-0.4, -0.2) is 4.98 Å². The van der Waals surface area contributed by atoms with E-state index >= 15 is 0 Å². The van der Waals surface area contributed by atoms with Crippen molar-refractivity contribution in [3.8, 4) is 17.3 Å². The van der Waals surface area contributed by atoms with Crippen molar-refractivity contribution in [2.24, 2.45) is 0 Å². The highest BCUT2D eigenvalue weighted by Gasteiger charge is 2.18. The number of H-pyrrole nitrogens is 1. The van der Waals surface area contributed by atoms with Crippen LogP contribution >= 0.6 is 0 Å². The normalized spacial score (nSPS) is 11.4. The predicted molar refractivity (Wildman–Crippen MR) is 83.9 cm³/mol. The van der Waals surface area contributed by atoms with E-state index in [0.29, 0.717) is 0 Å². The second-order valence-corrected chi connectivity index (χ2v) is 6.57. The maximum absolute atomic E-state index is 9.10. The van der Waals surface area contributed by atoms with E-state index in [4.69, 9.17) is 5.26 Å². The Bertz CT molecular complexity index is 668. The molecule has 1 heterocycles. The Labute approximate surface area is 121 Å². The van der Waals surface area contributed by atoms with Crippen molar-refractivity contribution in [3.05, 3.63) is 46.1 Å². The van der Waals surface area contributed by atoms with Crippen LogP contribution in [0.1, 0.15) is 48.7 Å². The zero-order valence-electron chi connectivity index (χ0n) is 13.2. The van der Waals surface area contributed by atoms with E-state index < -0.39 is 0 Å². The Morgan fingerprint density at radius 3 is 1.95 bits per heavy atom. The Morgan fingerprint density at radius 2 is 1.55 bits per heavy atom. The number of rotatable bonds is 1. The number of benzene rings is 1. The maximum atomic E-state index is 9.10. The molecule has 0 aliphatic heterocycles. The summed E-state index contributed by atoms with van der Waals surface area (Å²) in [5.74, 6) is 0. The van der Waals surface area contributed by atoms with Gasteiger partial charge in [-0.05, 0) is 48.9 Å². The first-order valence-electron chi connectivity index (χ1n) is 6.96. The number of aromatic nitrogens is 1. The molecule has 0 saturated carbocycles. The Balaban J connectivity index is 2.61. The number of nitriles is 1. The first kappa shape index (κ1) is 14.4. The summed E-state index contributed by atoms with van der Waals surface area (Å²) in [7, 11) is 0. The zero-order valence-corrected chi connectivity index (χ0v) is 13.2. The van der Waals surface area contributed by atoms with Gasteiger partial charge in [-0.25, -0.2) is 0 Å². The highest BCUT2D eigenvalue weighted by atomic mass is 14.7. The van der Waals surface area contributed by atoms with Crippen molar-refractivity contribution in [2.45, 2.75) is 47.0 Å². The highest BCUT2D eigenvalue weighted by Crippen LogP contribution is 2.32. The third-order valence-electron chi connectivity index (χ3n) is 3.80. The lowest BCUT2D eigenvalue weighted by Gasteiger charge is -2.22. The molecule has 0 fully saturated rings. The van der Waals surface area contributed by atoms with Crippen molar-refractivity contribution >= 4 is 0 Å². The van der Waals surface area contributed by atoms with E-state index in [1.807, 2.05) is 13.0 Å². The van der Waals surface area contributed by atoms with Gasteiger partial charge in [-0.3, -0.25) is 0 Å². The van der Waals surface area contributed by atoms with Crippen LogP contribution in [0.4, 0.5) is 0 Å². The van der Waals surface area contributed by atoms with Crippen LogP contribution in [0.3, 0.4) is 0 Å². The van der Waals surface area contributed by atoms with Gasteiger partial charge in [0.2, 0.25) is 0 Å². The number of hydrogen-bond donors (Lipinski definition) is 1. The minimum atomic E-state index is 0.150. The first-order chi connectivity index (χ1) is 9.24. The average molecular weight is 266 g/mol. The van der Waals surface area contributed by atoms with E-state index in [1.165, 1.54) is 22.3 Å². The molecule has 2 nitrogen and oxygen atoms in total. The van der Waals surface area contributed by atoms with E-state index in [2.05, 4.69) is 57.8 Å². The molecule has 20 heavy (non-hydrogen) atoms. The summed E-state index contributed by atoms with van der Waals surface area (Å²) in [6.45, 7) is 12.9. The van der Waals surface area contributed by atoms with Gasteiger partial charge in [0, 0.05) is 17.0 Å². The molecule has 1 aromatic heterocycles. The number of nitrogens with one attached hydrogen (secondary N) is 1. The van der Waals surface area contributed by atoms with Gasteiger partial charge in [0.25, 0.3) is 0 Å². The van der Waals surface area contributed by atoms with Crippen molar-refractivity contribution in [3.63, 3.8) is 0 Å². The Hall–Kier alpha value is -2.01. The van der Waals surface area contributed by atoms with Crippen LogP contribution in [0.2, 0.25) is 0 Å². The quantitative estimate of drug-likeness (QED) is 0.793. The molecule has 0 spiro atoms. The molecule has 2 heteroatoms. The molecule has 2 rings (SSSR count). The molecule has 1 N–H and O–H groups in total. The minimum Gasteiger partial charge on any atom is -0.358 e. The van der Waals surface area contributed by atoms with Crippen LogP contribution in [0.5, 0.6) is 0 Å². The van der Waals surface area contributed by atoms with Gasteiger partial charge < -0.3 is 4.98 Å². The van der Waals surface area contributed by atoms with Gasteiger partial charge in [-0.1, -0.05) is 32.9 Å². The summed E-state index contributed by atoms with van der Waals surface area (Å²) in [5.41, 5.74) is 7.90. The van der Waals surface area contributed by atoms with Crippen LogP contribution in [0, 0.1) is 32.1 Å². The summed E-state index contributed by atoms with van der Waals surface area (Å²) in [6, 6.07) is 8.68. The van der Waals surface area contributed by atoms with Gasteiger partial charge >= 0.3 is 0 Å². The van der Waals surface area contributed by atoms with Crippen molar-refractivity contribution in [1.82, 2.24) is 4.98 Å². The van der Waals surface area contributed by atoms with Gasteiger partial charge in [0.15, 0.2) is 0 Å². The minimum absolute atomic E-state index is 0.150. The zero-order chi connectivity index (χ0) is 15.1. The van der Waals surface area contributed by atoms with Gasteiger partial charge in [-0.2, -0.15) is 5.26 Å². The molecular formula is C18H22N2. The molecule has 1 aromatic carbocycles. The fourth-order valence-electron chi connectivity index (χ4n) is 2.63. The third-order valence-corrected chi connectivity index (χ3v) is 3.80. The average Bonchev–Trinajstić information content (AvgIpc) is 2.68. The topological polar surface area (TPSA) is 39.6 Å². The number of aromatic amines is 1. The molecule has 0 amide bonds. The molecular weight excluding hydrogens is 244 g/mol. The lowest BCUT2D eigenvalue weighted by atomic mass is 9.83. The molecule has 0 aliphatic rings. The fourth-order valence-corrected chi connectivity index (χ4v) is 2.63. The Kier molecular flexibility index (Phi) is 3.48. The SMILES string of the molecule is Cc1cc(C(C)(C)C)cc(C)c1-c1cc(C#N)c(C)[nH]1. The second kappa shape index (κ2) is 4.83. The van der Waals surface area contributed by atoms with Crippen LogP contribution in [0.15, 0.2) is 18.2 Å². The summed E-state index contributed by atoms with van der Waals surface area (Å²) in [5, 5.41) is 9.10. The highest BCUT2D eigenvalue weighted by molar-refractivity contribution is 5.70. The van der Waals surface area contributed by atoms with Gasteiger partial charge in [0.05, 0.1) is 5.56 Å². The molecule has 0 radical (unpaired) electrons. The third kappa shape index (κ3) is 2.49. The smallest absolute Gasteiger partial charge is 0.101 e. The molecule has 0 bridgehead atoms. The number of nitrogens with zero attached hydrogens (tertiary/aromatic N) is 1. The predicted octanol–water partition coefficient (Wildman–Crippen LogP) is 4.78. The molecule has 0 aliphatic carbocycles. The van der Waals surface area contributed by atoms with Gasteiger partial charge in [0.1, 0.15) is 6.07 Å². The molecule has 104 valence electrons. The summed E-state index contributed by atoms with van der Waals surface area (Å²) in [6.07, 6.45) is 0. The summed E-state index contributed by atoms with van der Waals surface area (Å²) >= 11 is 0. The lowest BCUT2D eigenvalue weighted by Crippen LogP contribution is -2.12. The standard InChI is InChI=1S/C18H22N2/c1-11-7-15(18(4,5)6)8-12(2)17(11)16-9-14(10-19)13(3)20-16/h7-9,20H,1-6H3. The van der Waals surface area contributed by atoms with E-state index in [-0.39, 0.29) is 5.41 Å². The van der Waals surface area contributed by atoms with Crippen LogP contribution in [-0.2, 0) is 5.41 Å². The van der Waals surface area contributed by atoms with Crippen molar-refractivity contribution in [1.29, 1.82) is 5.26 Å². The summed E-state index contributed by atoms with van der Waals surface area (Å²) in [4.78, 5) is 3.33. The maximum Gasteiger partial charge on any atom is 0.101 e. The monoisotopic (exact) mass is 266 g/mol. The number of aryl methyl sites for hydroxylation is 3.